The molecule has 0 amide bonds. The Bertz CT molecular complexity index is 326. The number of hydrogen-bond donors (Lipinski definition) is 1. The summed E-state index contributed by atoms with van der Waals surface area (Å²) in [6, 6.07) is 1.79. The third-order valence-corrected chi connectivity index (χ3v) is 1.94. The van der Waals surface area contributed by atoms with Gasteiger partial charge in [0, 0.05) is 6.20 Å². The molecule has 2 N–H and O–H groups in total. The highest BCUT2D eigenvalue weighted by Crippen LogP contribution is 2.23. The lowest BCUT2D eigenvalue weighted by molar-refractivity contribution is 0.112. The fourth-order valence-electron chi connectivity index (χ4n) is 0.997. The van der Waals surface area contributed by atoms with Crippen LogP contribution in [0, 0.1) is 0 Å². The monoisotopic (exact) mass is 178 g/mol. The molecule has 0 aliphatic heterocycles. The van der Waals surface area contributed by atoms with E-state index in [2.05, 4.69) is 25.8 Å². The van der Waals surface area contributed by atoms with E-state index >= 15 is 0 Å². The second kappa shape index (κ2) is 3.17. The molecule has 0 radical (unpaired) electrons. The summed E-state index contributed by atoms with van der Waals surface area (Å²) in [5, 5.41) is 0. The highest BCUT2D eigenvalue weighted by Gasteiger charge is 2.15. The normalized spacial score (nSPS) is 11.3. The number of carbonyl (C=O) groups excluding carboxylic acids is 1. The number of nitrogens with two attached hydrogens (primary N) is 1. The Morgan fingerprint density at radius 2 is 2.08 bits per heavy atom. The van der Waals surface area contributed by atoms with Gasteiger partial charge in [0.2, 0.25) is 0 Å². The zero-order valence-corrected chi connectivity index (χ0v) is 8.16. The van der Waals surface area contributed by atoms with E-state index in [1.165, 1.54) is 0 Å². The number of nitrogens with zero attached hydrogens (tertiary/aromatic N) is 1. The van der Waals surface area contributed by atoms with Crippen molar-refractivity contribution in [3.63, 3.8) is 0 Å². The van der Waals surface area contributed by atoms with Gasteiger partial charge >= 0.3 is 0 Å². The summed E-state index contributed by atoms with van der Waals surface area (Å²) >= 11 is 0. The molecule has 0 fully saturated rings. The molecule has 70 valence electrons. The van der Waals surface area contributed by atoms with Gasteiger partial charge in [-0.2, -0.15) is 0 Å². The van der Waals surface area contributed by atoms with Crippen LogP contribution in [0.15, 0.2) is 12.3 Å². The Hall–Kier alpha value is -1.38. The van der Waals surface area contributed by atoms with Crippen molar-refractivity contribution >= 4 is 12.1 Å². The van der Waals surface area contributed by atoms with Gasteiger partial charge in [-0.05, 0) is 17.0 Å². The molecule has 3 nitrogen and oxygen atoms in total. The summed E-state index contributed by atoms with van der Waals surface area (Å²) in [6.07, 6.45) is 2.44. The predicted molar refractivity (Wildman–Crippen MR) is 52.7 cm³/mol. The lowest BCUT2D eigenvalue weighted by atomic mass is 9.87. The van der Waals surface area contributed by atoms with Gasteiger partial charge in [0.1, 0.15) is 5.82 Å². The predicted octanol–water partition coefficient (Wildman–Crippen LogP) is 1.77. The molecule has 0 bridgehead atoms. The van der Waals surface area contributed by atoms with Crippen LogP contribution in [0.2, 0.25) is 0 Å². The van der Waals surface area contributed by atoms with Gasteiger partial charge in [0.05, 0.1) is 5.56 Å². The second-order valence-corrected chi connectivity index (χ2v) is 4.07. The summed E-state index contributed by atoms with van der Waals surface area (Å²) in [5.41, 5.74) is 6.98. The molecule has 0 aliphatic carbocycles. The van der Waals surface area contributed by atoms with E-state index in [1.807, 2.05) is 0 Å². The highest BCUT2D eigenvalue weighted by molar-refractivity contribution is 5.81. The highest BCUT2D eigenvalue weighted by atomic mass is 16.1. The minimum atomic E-state index is -0.00153. The first kappa shape index (κ1) is 9.71. The van der Waals surface area contributed by atoms with Crippen molar-refractivity contribution in [2.45, 2.75) is 26.2 Å². The molecule has 0 atom stereocenters. The molecule has 3 heteroatoms. The van der Waals surface area contributed by atoms with Crippen LogP contribution in [0.5, 0.6) is 0 Å². The van der Waals surface area contributed by atoms with E-state index in [-0.39, 0.29) is 5.41 Å². The molecule has 0 spiro atoms. The summed E-state index contributed by atoms with van der Waals surface area (Å²) < 4.78 is 0. The molecular formula is C10H14N2O. The Morgan fingerprint density at radius 3 is 2.54 bits per heavy atom. The van der Waals surface area contributed by atoms with Gasteiger partial charge in [-0.3, -0.25) is 4.79 Å². The fourth-order valence-corrected chi connectivity index (χ4v) is 0.997. The molecule has 0 saturated carbocycles. The third kappa shape index (κ3) is 2.05. The van der Waals surface area contributed by atoms with Crippen LogP contribution in [0.1, 0.15) is 36.7 Å². The van der Waals surface area contributed by atoms with Crippen LogP contribution in [-0.4, -0.2) is 11.3 Å². The largest absolute Gasteiger partial charge is 0.383 e. The quantitative estimate of drug-likeness (QED) is 0.667. The number of pyridine rings is 1. The van der Waals surface area contributed by atoms with E-state index in [0.29, 0.717) is 11.4 Å². The Balaban J connectivity index is 3.21. The molecule has 1 rings (SSSR count). The minimum absolute atomic E-state index is 0.00153. The maximum absolute atomic E-state index is 10.6. The summed E-state index contributed by atoms with van der Waals surface area (Å²) in [4.78, 5) is 14.5. The second-order valence-electron chi connectivity index (χ2n) is 4.07. The van der Waals surface area contributed by atoms with Crippen LogP contribution in [-0.2, 0) is 5.41 Å². The number of rotatable bonds is 1. The summed E-state index contributed by atoms with van der Waals surface area (Å²) in [7, 11) is 0. The van der Waals surface area contributed by atoms with Crippen LogP contribution >= 0.6 is 0 Å². The SMILES string of the molecule is CC(C)(C)c1cnc(N)c(C=O)c1. The molecular weight excluding hydrogens is 164 g/mol. The fraction of sp³-hybridized carbons (Fsp3) is 0.400. The van der Waals surface area contributed by atoms with Crippen molar-refractivity contribution in [1.29, 1.82) is 0 Å². The van der Waals surface area contributed by atoms with Gasteiger partial charge in [0.15, 0.2) is 6.29 Å². The summed E-state index contributed by atoms with van der Waals surface area (Å²) in [6.45, 7) is 6.19. The summed E-state index contributed by atoms with van der Waals surface area (Å²) in [5.74, 6) is 0.294. The average Bonchev–Trinajstić information content (AvgIpc) is 2.03. The van der Waals surface area contributed by atoms with E-state index in [1.54, 1.807) is 12.3 Å². The van der Waals surface area contributed by atoms with Crippen molar-refractivity contribution in [1.82, 2.24) is 4.98 Å². The van der Waals surface area contributed by atoms with Gasteiger partial charge in [-0.15, -0.1) is 0 Å². The molecule has 13 heavy (non-hydrogen) atoms. The number of aromatic nitrogens is 1. The van der Waals surface area contributed by atoms with Gasteiger partial charge in [-0.1, -0.05) is 20.8 Å². The molecule has 0 unspecified atom stereocenters. The first-order valence-electron chi connectivity index (χ1n) is 4.16. The van der Waals surface area contributed by atoms with Crippen molar-refractivity contribution < 1.29 is 4.79 Å². The van der Waals surface area contributed by atoms with Gasteiger partial charge < -0.3 is 5.73 Å². The zero-order chi connectivity index (χ0) is 10.1. The number of hydrogen-bond acceptors (Lipinski definition) is 3. The molecule has 0 aromatic carbocycles. The van der Waals surface area contributed by atoms with Crippen LogP contribution in [0.4, 0.5) is 5.82 Å². The standard InChI is InChI=1S/C10H14N2O/c1-10(2,3)8-4-7(6-13)9(11)12-5-8/h4-6H,1-3H3,(H2,11,12). The van der Waals surface area contributed by atoms with Crippen molar-refractivity contribution in [3.05, 3.63) is 23.4 Å². The van der Waals surface area contributed by atoms with E-state index in [4.69, 9.17) is 5.73 Å². The van der Waals surface area contributed by atoms with Gasteiger partial charge in [0.25, 0.3) is 0 Å². The van der Waals surface area contributed by atoms with Crippen LogP contribution in [0.25, 0.3) is 0 Å². The van der Waals surface area contributed by atoms with E-state index < -0.39 is 0 Å². The number of carbonyl (C=O) groups is 1. The topological polar surface area (TPSA) is 56.0 Å². The number of nitrogen functional groups attached to an aromatic ring is 1. The smallest absolute Gasteiger partial charge is 0.153 e. The van der Waals surface area contributed by atoms with Crippen LogP contribution < -0.4 is 5.73 Å². The Morgan fingerprint density at radius 1 is 1.46 bits per heavy atom. The van der Waals surface area contributed by atoms with Gasteiger partial charge in [-0.25, -0.2) is 4.98 Å². The molecule has 1 aromatic heterocycles. The van der Waals surface area contributed by atoms with E-state index in [0.717, 1.165) is 11.8 Å². The molecule has 0 aliphatic rings. The van der Waals surface area contributed by atoms with Crippen molar-refractivity contribution in [2.24, 2.45) is 0 Å². The lowest BCUT2D eigenvalue weighted by Gasteiger charge is -2.18. The first-order chi connectivity index (χ1) is 5.95. The first-order valence-corrected chi connectivity index (χ1v) is 4.16. The van der Waals surface area contributed by atoms with Crippen molar-refractivity contribution in [2.75, 3.05) is 5.73 Å². The van der Waals surface area contributed by atoms with Crippen LogP contribution in [0.3, 0.4) is 0 Å². The average molecular weight is 178 g/mol. The Kier molecular flexibility index (Phi) is 2.36. The molecule has 0 saturated heterocycles. The molecule has 1 heterocycles. The maximum Gasteiger partial charge on any atom is 0.153 e. The minimum Gasteiger partial charge on any atom is -0.383 e. The van der Waals surface area contributed by atoms with Crippen molar-refractivity contribution in [3.8, 4) is 0 Å². The molecule has 1 aromatic rings. The number of anilines is 1. The van der Waals surface area contributed by atoms with E-state index in [9.17, 15) is 4.79 Å². The third-order valence-electron chi connectivity index (χ3n) is 1.94. The lowest BCUT2D eigenvalue weighted by Crippen LogP contribution is -2.13. The Labute approximate surface area is 78.0 Å². The number of aldehydes is 1. The zero-order valence-electron chi connectivity index (χ0n) is 8.16. The maximum atomic E-state index is 10.6.